The second-order valence-corrected chi connectivity index (χ2v) is 6.31. The van der Waals surface area contributed by atoms with E-state index in [1.807, 2.05) is 0 Å². The summed E-state index contributed by atoms with van der Waals surface area (Å²) in [6, 6.07) is 8.34. The van der Waals surface area contributed by atoms with E-state index >= 15 is 0 Å². The third-order valence-corrected chi connectivity index (χ3v) is 4.15. The van der Waals surface area contributed by atoms with Crippen molar-refractivity contribution in [3.05, 3.63) is 57.8 Å². The molecule has 0 saturated heterocycles. The molecule has 8 heteroatoms. The first-order chi connectivity index (χ1) is 12.4. The Kier molecular flexibility index (Phi) is 5.44. The molecule has 0 aliphatic carbocycles. The van der Waals surface area contributed by atoms with E-state index in [1.54, 1.807) is 36.4 Å². The number of anilines is 1. The summed E-state index contributed by atoms with van der Waals surface area (Å²) in [5, 5.41) is 3.24. The van der Waals surface area contributed by atoms with Crippen molar-refractivity contribution >= 4 is 46.8 Å². The largest absolute Gasteiger partial charge is 0.488 e. The summed E-state index contributed by atoms with van der Waals surface area (Å²) < 4.78 is 10.7. The predicted molar refractivity (Wildman–Crippen MR) is 98.4 cm³/mol. The predicted octanol–water partition coefficient (Wildman–Crippen LogP) is 3.73. The first-order valence-corrected chi connectivity index (χ1v) is 8.45. The molecule has 1 unspecified atom stereocenters. The maximum atomic E-state index is 12.3. The smallest absolute Gasteiger partial charge is 0.338 e. The molecule has 1 aromatic heterocycles. The highest BCUT2D eigenvalue weighted by Crippen LogP contribution is 2.29. The van der Waals surface area contributed by atoms with Gasteiger partial charge in [0.2, 0.25) is 0 Å². The van der Waals surface area contributed by atoms with Gasteiger partial charge in [0.25, 0.3) is 5.91 Å². The molecule has 1 amide bonds. The number of hydrogen-bond donors (Lipinski definition) is 1. The van der Waals surface area contributed by atoms with Crippen molar-refractivity contribution < 1.29 is 19.1 Å². The first kappa shape index (κ1) is 18.2. The molecule has 26 heavy (non-hydrogen) atoms. The molecule has 0 saturated carbocycles. The molecule has 0 radical (unpaired) electrons. The van der Waals surface area contributed by atoms with Crippen LogP contribution < -0.4 is 10.1 Å². The number of nitrogens with zero attached hydrogens (tertiary/aromatic N) is 1. The summed E-state index contributed by atoms with van der Waals surface area (Å²) in [4.78, 5) is 28.3. The molecule has 1 aliphatic heterocycles. The molecule has 0 bridgehead atoms. The second kappa shape index (κ2) is 7.76. The van der Waals surface area contributed by atoms with E-state index in [4.69, 9.17) is 32.7 Å². The maximum Gasteiger partial charge on any atom is 0.338 e. The molecular formula is C18H14Cl2N2O4. The zero-order valence-corrected chi connectivity index (χ0v) is 15.2. The molecule has 6 nitrogen and oxygen atoms in total. The number of halogens is 2. The van der Waals surface area contributed by atoms with Crippen LogP contribution in [0.25, 0.3) is 6.08 Å². The molecule has 3 rings (SSSR count). The fraction of sp³-hybridized carbons (Fsp3) is 0.167. The third-order valence-electron chi connectivity index (χ3n) is 3.62. The van der Waals surface area contributed by atoms with Crippen LogP contribution in [0.3, 0.4) is 0 Å². The lowest BCUT2D eigenvalue weighted by molar-refractivity contribution is -0.149. The van der Waals surface area contributed by atoms with Crippen LogP contribution in [0.2, 0.25) is 10.2 Å². The van der Waals surface area contributed by atoms with Gasteiger partial charge in [-0.3, -0.25) is 4.79 Å². The van der Waals surface area contributed by atoms with Gasteiger partial charge in [-0.25, -0.2) is 9.78 Å². The Morgan fingerprint density at radius 2 is 2.12 bits per heavy atom. The highest BCUT2D eigenvalue weighted by atomic mass is 35.5. The van der Waals surface area contributed by atoms with Gasteiger partial charge in [0, 0.05) is 16.8 Å². The lowest BCUT2D eigenvalue weighted by Gasteiger charge is -2.19. The number of rotatable bonds is 4. The van der Waals surface area contributed by atoms with Gasteiger partial charge in [-0.2, -0.15) is 0 Å². The van der Waals surface area contributed by atoms with Gasteiger partial charge < -0.3 is 14.8 Å². The Balaban J connectivity index is 1.66. The SMILES string of the molecule is CC(OC(=O)C1=Cc2cc(Cl)ccc2OC1)C(=O)Nc1cccnc1Cl. The summed E-state index contributed by atoms with van der Waals surface area (Å²) in [6.45, 7) is 1.52. The van der Waals surface area contributed by atoms with Crippen molar-refractivity contribution in [3.8, 4) is 5.75 Å². The number of nitrogens with one attached hydrogen (secondary N) is 1. The van der Waals surface area contributed by atoms with E-state index in [0.717, 1.165) is 0 Å². The summed E-state index contributed by atoms with van der Waals surface area (Å²) in [5.41, 5.74) is 1.31. The summed E-state index contributed by atoms with van der Waals surface area (Å²) in [6.07, 6.45) is 2.11. The number of esters is 1. The zero-order valence-electron chi connectivity index (χ0n) is 13.7. The standard InChI is InChI=1S/C18H14Cl2N2O4/c1-10(17(23)22-14-3-2-6-21-16(14)20)26-18(24)12-7-11-8-13(19)4-5-15(11)25-9-12/h2-8,10H,9H2,1H3,(H,22,23). The Morgan fingerprint density at radius 3 is 2.88 bits per heavy atom. The number of pyridine rings is 1. The minimum atomic E-state index is -1.03. The molecule has 0 fully saturated rings. The molecular weight excluding hydrogens is 379 g/mol. The average molecular weight is 393 g/mol. The molecule has 1 atom stereocenters. The second-order valence-electron chi connectivity index (χ2n) is 5.52. The van der Waals surface area contributed by atoms with Gasteiger partial charge in [0.1, 0.15) is 12.4 Å². The van der Waals surface area contributed by atoms with E-state index in [-0.39, 0.29) is 11.8 Å². The van der Waals surface area contributed by atoms with Gasteiger partial charge >= 0.3 is 5.97 Å². The number of ether oxygens (including phenoxy) is 2. The van der Waals surface area contributed by atoms with Crippen LogP contribution in [0, 0.1) is 0 Å². The number of fused-ring (bicyclic) bond motifs is 1. The highest BCUT2D eigenvalue weighted by molar-refractivity contribution is 6.32. The first-order valence-electron chi connectivity index (χ1n) is 7.69. The topological polar surface area (TPSA) is 77.5 Å². The van der Waals surface area contributed by atoms with Gasteiger partial charge in [-0.15, -0.1) is 0 Å². The van der Waals surface area contributed by atoms with Crippen LogP contribution in [-0.2, 0) is 14.3 Å². The lowest BCUT2D eigenvalue weighted by Crippen LogP contribution is -2.31. The molecule has 0 spiro atoms. The number of hydrogen-bond acceptors (Lipinski definition) is 5. The summed E-state index contributed by atoms with van der Waals surface area (Å²) >= 11 is 11.8. The number of benzene rings is 1. The van der Waals surface area contributed by atoms with Gasteiger partial charge in [-0.1, -0.05) is 23.2 Å². The van der Waals surface area contributed by atoms with E-state index in [2.05, 4.69) is 10.3 Å². The van der Waals surface area contributed by atoms with Crippen LogP contribution in [0.1, 0.15) is 12.5 Å². The lowest BCUT2D eigenvalue weighted by atomic mass is 10.1. The van der Waals surface area contributed by atoms with Crippen LogP contribution in [0.4, 0.5) is 5.69 Å². The normalized spacial score (nSPS) is 13.7. The maximum absolute atomic E-state index is 12.3. The summed E-state index contributed by atoms with van der Waals surface area (Å²) in [7, 11) is 0. The van der Waals surface area contributed by atoms with Crippen molar-refractivity contribution in [2.24, 2.45) is 0 Å². The quantitative estimate of drug-likeness (QED) is 0.633. The molecule has 134 valence electrons. The Bertz CT molecular complexity index is 899. The monoisotopic (exact) mass is 392 g/mol. The Morgan fingerprint density at radius 1 is 1.31 bits per heavy atom. The third kappa shape index (κ3) is 4.15. The van der Waals surface area contributed by atoms with Crippen molar-refractivity contribution in [2.45, 2.75) is 13.0 Å². The average Bonchev–Trinajstić information content (AvgIpc) is 2.62. The fourth-order valence-electron chi connectivity index (χ4n) is 2.27. The van der Waals surface area contributed by atoms with Gasteiger partial charge in [-0.05, 0) is 43.3 Å². The minimum Gasteiger partial charge on any atom is -0.488 e. The summed E-state index contributed by atoms with van der Waals surface area (Å²) in [5.74, 6) is -0.535. The van der Waals surface area contributed by atoms with E-state index in [1.165, 1.54) is 13.1 Å². The van der Waals surface area contributed by atoms with Crippen molar-refractivity contribution in [1.82, 2.24) is 4.98 Å². The molecule has 2 aromatic rings. The van der Waals surface area contributed by atoms with Crippen molar-refractivity contribution in [1.29, 1.82) is 0 Å². The molecule has 1 aromatic carbocycles. The Labute approximate surface area is 159 Å². The van der Waals surface area contributed by atoms with Crippen molar-refractivity contribution in [3.63, 3.8) is 0 Å². The molecule has 1 N–H and O–H groups in total. The van der Waals surface area contributed by atoms with Gasteiger partial charge in [0.15, 0.2) is 11.3 Å². The fourth-order valence-corrected chi connectivity index (χ4v) is 2.62. The van der Waals surface area contributed by atoms with E-state index in [0.29, 0.717) is 27.6 Å². The minimum absolute atomic E-state index is 0.0518. The number of carbonyl (C=O) groups is 2. The zero-order chi connectivity index (χ0) is 18.7. The van der Waals surface area contributed by atoms with Crippen LogP contribution in [0.5, 0.6) is 5.75 Å². The number of amides is 1. The molecule has 2 heterocycles. The number of aromatic nitrogens is 1. The Hall–Kier alpha value is -2.57. The van der Waals surface area contributed by atoms with E-state index in [9.17, 15) is 9.59 Å². The highest BCUT2D eigenvalue weighted by Gasteiger charge is 2.24. The van der Waals surface area contributed by atoms with Crippen molar-refractivity contribution in [2.75, 3.05) is 11.9 Å². The van der Waals surface area contributed by atoms with Crippen LogP contribution >= 0.6 is 23.2 Å². The van der Waals surface area contributed by atoms with Crippen LogP contribution in [0.15, 0.2) is 42.1 Å². The van der Waals surface area contributed by atoms with Gasteiger partial charge in [0.05, 0.1) is 11.3 Å². The molecule has 1 aliphatic rings. The number of carbonyl (C=O) groups excluding carboxylic acids is 2. The van der Waals surface area contributed by atoms with E-state index < -0.39 is 18.0 Å². The van der Waals surface area contributed by atoms with Crippen LogP contribution in [-0.4, -0.2) is 29.6 Å².